The molecular weight excluding hydrogens is 326 g/mol. The molecule has 0 bridgehead atoms. The van der Waals surface area contributed by atoms with Gasteiger partial charge in [-0.3, -0.25) is 4.79 Å². The molecule has 1 aromatic heterocycles. The number of carbonyl (C=O) groups excluding carboxylic acids is 1. The Hall–Kier alpha value is -3.72. The third-order valence-corrected chi connectivity index (χ3v) is 3.85. The van der Waals surface area contributed by atoms with Crippen LogP contribution >= 0.6 is 0 Å². The number of aromatic nitrogens is 2. The fourth-order valence-electron chi connectivity index (χ4n) is 2.48. The van der Waals surface area contributed by atoms with Crippen molar-refractivity contribution >= 4 is 23.1 Å². The third-order valence-electron chi connectivity index (χ3n) is 3.85. The van der Waals surface area contributed by atoms with E-state index in [9.17, 15) is 4.79 Å². The second kappa shape index (κ2) is 7.90. The topological polar surface area (TPSA) is 90.7 Å². The van der Waals surface area contributed by atoms with Gasteiger partial charge < -0.3 is 10.6 Å². The zero-order valence-electron chi connectivity index (χ0n) is 14.2. The molecule has 2 aromatic carbocycles. The number of amides is 1. The van der Waals surface area contributed by atoms with Gasteiger partial charge >= 0.3 is 0 Å². The van der Waals surface area contributed by atoms with Gasteiger partial charge in [0.1, 0.15) is 6.07 Å². The van der Waals surface area contributed by atoms with E-state index in [4.69, 9.17) is 5.26 Å². The summed E-state index contributed by atoms with van der Waals surface area (Å²) in [6.45, 7) is 2.08. The van der Waals surface area contributed by atoms with E-state index >= 15 is 0 Å². The summed E-state index contributed by atoms with van der Waals surface area (Å²) in [6.07, 6.45) is 0.898. The van der Waals surface area contributed by atoms with E-state index in [1.54, 1.807) is 36.4 Å². The van der Waals surface area contributed by atoms with Crippen molar-refractivity contribution in [3.63, 3.8) is 0 Å². The third kappa shape index (κ3) is 3.84. The number of nitrogens with zero attached hydrogens (tertiary/aromatic N) is 3. The molecule has 0 radical (unpaired) electrons. The number of rotatable bonds is 5. The van der Waals surface area contributed by atoms with Gasteiger partial charge in [-0.15, -0.1) is 10.2 Å². The Kier molecular flexibility index (Phi) is 5.20. The molecule has 26 heavy (non-hydrogen) atoms. The van der Waals surface area contributed by atoms with Crippen LogP contribution in [-0.4, -0.2) is 16.1 Å². The van der Waals surface area contributed by atoms with Crippen LogP contribution in [0.4, 0.5) is 17.2 Å². The summed E-state index contributed by atoms with van der Waals surface area (Å²) in [5.41, 5.74) is 3.14. The van der Waals surface area contributed by atoms with Crippen LogP contribution in [0.15, 0.2) is 60.7 Å². The zero-order chi connectivity index (χ0) is 18.4. The first-order valence-corrected chi connectivity index (χ1v) is 8.20. The van der Waals surface area contributed by atoms with Crippen LogP contribution < -0.4 is 10.6 Å². The second-order valence-electron chi connectivity index (χ2n) is 5.55. The van der Waals surface area contributed by atoms with E-state index in [-0.39, 0.29) is 5.69 Å². The molecule has 0 saturated heterocycles. The van der Waals surface area contributed by atoms with E-state index in [0.29, 0.717) is 17.1 Å². The van der Waals surface area contributed by atoms with Gasteiger partial charge in [-0.05, 0) is 42.3 Å². The number of nitriles is 1. The van der Waals surface area contributed by atoms with Crippen molar-refractivity contribution in [3.05, 3.63) is 77.5 Å². The van der Waals surface area contributed by atoms with Crippen LogP contribution in [0, 0.1) is 11.3 Å². The van der Waals surface area contributed by atoms with Crippen LogP contribution in [0.2, 0.25) is 0 Å². The first kappa shape index (κ1) is 17.1. The number of benzene rings is 2. The number of aryl methyl sites for hydroxylation is 1. The molecule has 0 saturated carbocycles. The van der Waals surface area contributed by atoms with Crippen molar-refractivity contribution in [2.75, 3.05) is 10.6 Å². The van der Waals surface area contributed by atoms with Gasteiger partial charge in [0.25, 0.3) is 5.91 Å². The maximum absolute atomic E-state index is 12.3. The fraction of sp³-hybridized carbons (Fsp3) is 0.100. The highest BCUT2D eigenvalue weighted by Gasteiger charge is 2.11. The van der Waals surface area contributed by atoms with Crippen molar-refractivity contribution in [1.29, 1.82) is 5.26 Å². The molecule has 2 N–H and O–H groups in total. The molecule has 6 nitrogen and oxygen atoms in total. The van der Waals surface area contributed by atoms with Crippen LogP contribution in [-0.2, 0) is 6.42 Å². The summed E-state index contributed by atoms with van der Waals surface area (Å²) in [5.74, 6) is 0.139. The molecule has 3 aromatic rings. The highest BCUT2D eigenvalue weighted by molar-refractivity contribution is 6.03. The molecule has 1 amide bonds. The Labute approximate surface area is 151 Å². The fourth-order valence-corrected chi connectivity index (χ4v) is 2.48. The predicted molar refractivity (Wildman–Crippen MR) is 100 cm³/mol. The molecule has 0 spiro atoms. The largest absolute Gasteiger partial charge is 0.339 e. The Morgan fingerprint density at radius 3 is 2.42 bits per heavy atom. The Morgan fingerprint density at radius 1 is 1.00 bits per heavy atom. The lowest BCUT2D eigenvalue weighted by atomic mass is 10.1. The van der Waals surface area contributed by atoms with E-state index in [0.717, 1.165) is 12.1 Å². The van der Waals surface area contributed by atoms with Crippen molar-refractivity contribution in [2.24, 2.45) is 0 Å². The first-order chi connectivity index (χ1) is 12.7. The molecule has 0 aliphatic rings. The van der Waals surface area contributed by atoms with Crippen LogP contribution in [0.3, 0.4) is 0 Å². The second-order valence-corrected chi connectivity index (χ2v) is 5.55. The van der Waals surface area contributed by atoms with Gasteiger partial charge in [0, 0.05) is 5.69 Å². The molecular formula is C20H17N5O. The zero-order valence-corrected chi connectivity index (χ0v) is 14.2. The summed E-state index contributed by atoms with van der Waals surface area (Å²) < 4.78 is 0. The van der Waals surface area contributed by atoms with E-state index < -0.39 is 5.91 Å². The van der Waals surface area contributed by atoms with E-state index in [2.05, 4.69) is 27.8 Å². The minimum absolute atomic E-state index is 0.173. The lowest BCUT2D eigenvalue weighted by Crippen LogP contribution is -2.15. The van der Waals surface area contributed by atoms with Gasteiger partial charge in [0.15, 0.2) is 11.5 Å². The number of para-hydroxylation sites is 2. The highest BCUT2D eigenvalue weighted by Crippen LogP contribution is 2.20. The molecule has 0 aliphatic carbocycles. The molecule has 0 fully saturated rings. The molecule has 3 rings (SSSR count). The predicted octanol–water partition coefficient (Wildman–Crippen LogP) is 3.91. The minimum Gasteiger partial charge on any atom is -0.339 e. The van der Waals surface area contributed by atoms with Gasteiger partial charge in [-0.1, -0.05) is 37.3 Å². The molecule has 0 atom stereocenters. The average Bonchev–Trinajstić information content (AvgIpc) is 2.69. The average molecular weight is 343 g/mol. The summed E-state index contributed by atoms with van der Waals surface area (Å²) in [5, 5.41) is 23.0. The van der Waals surface area contributed by atoms with Crippen LogP contribution in [0.25, 0.3) is 0 Å². The van der Waals surface area contributed by atoms with Crippen molar-refractivity contribution in [3.8, 4) is 6.07 Å². The summed E-state index contributed by atoms with van der Waals surface area (Å²) >= 11 is 0. The van der Waals surface area contributed by atoms with E-state index in [1.807, 2.05) is 30.3 Å². The van der Waals surface area contributed by atoms with Crippen LogP contribution in [0.5, 0.6) is 0 Å². The minimum atomic E-state index is -0.416. The Balaban J connectivity index is 1.73. The van der Waals surface area contributed by atoms with Crippen molar-refractivity contribution in [2.45, 2.75) is 13.3 Å². The number of nitrogens with one attached hydrogen (secondary N) is 2. The lowest BCUT2D eigenvalue weighted by Gasteiger charge is -2.10. The molecule has 0 unspecified atom stereocenters. The summed E-state index contributed by atoms with van der Waals surface area (Å²) in [4.78, 5) is 12.3. The SMILES string of the molecule is CCc1ccccc1Nc1ccc(C(=O)Nc2ccccc2C#N)nn1. The number of hydrogen-bond donors (Lipinski definition) is 2. The molecule has 1 heterocycles. The van der Waals surface area contributed by atoms with Gasteiger partial charge in [0.05, 0.1) is 11.3 Å². The normalized spacial score (nSPS) is 10.0. The number of hydrogen-bond acceptors (Lipinski definition) is 5. The maximum Gasteiger partial charge on any atom is 0.276 e. The maximum atomic E-state index is 12.3. The number of carbonyl (C=O) groups is 1. The molecule has 6 heteroatoms. The number of anilines is 3. The Bertz CT molecular complexity index is 960. The molecule has 128 valence electrons. The first-order valence-electron chi connectivity index (χ1n) is 8.20. The van der Waals surface area contributed by atoms with Gasteiger partial charge in [-0.2, -0.15) is 5.26 Å². The van der Waals surface area contributed by atoms with E-state index in [1.165, 1.54) is 5.56 Å². The monoisotopic (exact) mass is 343 g/mol. The van der Waals surface area contributed by atoms with Crippen molar-refractivity contribution in [1.82, 2.24) is 10.2 Å². The van der Waals surface area contributed by atoms with Gasteiger partial charge in [-0.25, -0.2) is 0 Å². The highest BCUT2D eigenvalue weighted by atomic mass is 16.1. The standard InChI is InChI=1S/C20H17N5O/c1-2-14-7-3-5-9-16(14)22-19-12-11-18(24-25-19)20(26)23-17-10-6-4-8-15(17)13-21/h3-12H,2H2,1H3,(H,22,25)(H,23,26). The smallest absolute Gasteiger partial charge is 0.276 e. The summed E-state index contributed by atoms with van der Waals surface area (Å²) in [6, 6.07) is 20.1. The Morgan fingerprint density at radius 2 is 1.73 bits per heavy atom. The van der Waals surface area contributed by atoms with Crippen LogP contribution in [0.1, 0.15) is 28.5 Å². The summed E-state index contributed by atoms with van der Waals surface area (Å²) in [7, 11) is 0. The van der Waals surface area contributed by atoms with Crippen molar-refractivity contribution < 1.29 is 4.79 Å². The quantitative estimate of drug-likeness (QED) is 0.733. The molecule has 0 aliphatic heterocycles. The lowest BCUT2D eigenvalue weighted by molar-refractivity contribution is 0.102. The van der Waals surface area contributed by atoms with Gasteiger partial charge in [0.2, 0.25) is 0 Å².